The van der Waals surface area contributed by atoms with E-state index in [0.29, 0.717) is 57.2 Å². The molecule has 674 valence electrons. The van der Waals surface area contributed by atoms with Gasteiger partial charge in [0, 0.05) is 118 Å². The van der Waals surface area contributed by atoms with E-state index >= 15 is 0 Å². The number of carbonyl (C=O) groups excluding carboxylic acids is 1. The molecule has 1 aliphatic rings. The molecule has 15 aromatic carbocycles. The average Bonchev–Trinajstić information content (AvgIpc) is 1.56. The number of ether oxygens (including phenoxy) is 4. The lowest BCUT2D eigenvalue weighted by atomic mass is 9.97. The van der Waals surface area contributed by atoms with E-state index < -0.39 is 11.9 Å². The molecule has 0 unspecified atom stereocenters. The van der Waals surface area contributed by atoms with Gasteiger partial charge in [0.2, 0.25) is 0 Å². The zero-order valence-corrected chi connectivity index (χ0v) is 75.0. The maximum absolute atomic E-state index is 13.8. The summed E-state index contributed by atoms with van der Waals surface area (Å²) >= 11 is 0. The summed E-state index contributed by atoms with van der Waals surface area (Å²) in [5.74, 6) is 3.54. The Bertz CT molecular complexity index is 7780. The van der Waals surface area contributed by atoms with Gasteiger partial charge >= 0.3 is 11.9 Å². The molecule has 0 atom stereocenters. The van der Waals surface area contributed by atoms with Crippen molar-refractivity contribution >= 4 is 34.3 Å². The number of imidazole rings is 5. The van der Waals surface area contributed by atoms with Gasteiger partial charge in [0.15, 0.2) is 5.78 Å². The van der Waals surface area contributed by atoms with Crippen LogP contribution in [0.3, 0.4) is 0 Å². The summed E-state index contributed by atoms with van der Waals surface area (Å²) in [5.41, 5.74) is 33.5. The number of fused-ring (bicyclic) bond motifs is 4. The Labute approximate surface area is 791 Å². The molecular weight excluding hydrogens is 1730 g/mol. The maximum atomic E-state index is 13.8. The van der Waals surface area contributed by atoms with E-state index in [4.69, 9.17) is 49.6 Å². The number of aryl methyl sites for hydroxylation is 1. The van der Waals surface area contributed by atoms with Crippen molar-refractivity contribution in [2.75, 3.05) is 34.2 Å². The molecule has 0 fully saturated rings. The van der Waals surface area contributed by atoms with Gasteiger partial charge in [0.05, 0.1) is 108 Å². The highest BCUT2D eigenvalue weighted by atomic mass is 19.1. The first kappa shape index (κ1) is 88.6. The number of carbonyl (C=O) groups is 3. The summed E-state index contributed by atoms with van der Waals surface area (Å²) in [5, 5.41) is 19.8. The topological polar surface area (TPSA) is 314 Å². The number of hydrogen-bond acceptors (Lipinski definition) is 13. The number of nitrogens with two attached hydrogens (primary N) is 1. The number of nitrogens with zero attached hydrogens (tertiary/aromatic N) is 5. The first-order valence-electron chi connectivity index (χ1n) is 44.1. The third kappa shape index (κ3) is 18.3. The molecule has 0 saturated carbocycles. The lowest BCUT2D eigenvalue weighted by molar-refractivity contribution is 0.0686. The van der Waals surface area contributed by atoms with Crippen LogP contribution in [0, 0.1) is 18.6 Å². The monoisotopic (exact) mass is 1820 g/mol. The van der Waals surface area contributed by atoms with Crippen LogP contribution >= 0.6 is 0 Å². The Morgan fingerprint density at radius 3 is 0.971 bits per heavy atom. The maximum Gasteiger partial charge on any atom is 0.335 e. The van der Waals surface area contributed by atoms with Gasteiger partial charge in [-0.25, -0.2) is 43.3 Å². The van der Waals surface area contributed by atoms with Gasteiger partial charge in [-0.15, -0.1) is 0 Å². The second kappa shape index (κ2) is 39.0. The quantitative estimate of drug-likeness (QED) is 0.0302. The van der Waals surface area contributed by atoms with E-state index in [1.807, 2.05) is 256 Å². The smallest absolute Gasteiger partial charge is 0.335 e. The van der Waals surface area contributed by atoms with Crippen molar-refractivity contribution in [1.82, 2.24) is 54.8 Å². The SMILES string of the molecule is COc1ccc(-c2nc(-c3ccccc3)c(-c3ccc(F)cc3)[nH]2)c(OC)c1.COc1ccc(-c2nc(-c3ccccc3)c(-c3ccccc3)[nH]2)c(OC)c1.Cc1[nH]c2ccc(N)cc2c1-c1nc(-c2ccccc2)c(-c2ccc(F)cc2)[nH]1.O=C(O)c1ccc(-c2nc(-c3ccc4c(c3)-c3cc(-c5[nH]c(-c6ccc(C(=O)O)cc6)nc5-c5ccccc5)ccc3C4=O)c(-c3ccccc3)[nH]2)cc1. The third-order valence-electron chi connectivity index (χ3n) is 23.9. The molecule has 21 nitrogen and oxygen atoms in total. The number of carboxylic acid groups (broad SMARTS) is 2. The van der Waals surface area contributed by atoms with Gasteiger partial charge in [0.1, 0.15) is 63.8 Å². The molecule has 6 heterocycles. The van der Waals surface area contributed by atoms with Crippen molar-refractivity contribution in [3.05, 3.63) is 410 Å². The van der Waals surface area contributed by atoms with Crippen LogP contribution in [0.1, 0.15) is 42.3 Å². The minimum atomic E-state index is -1.00. The normalized spacial score (nSPS) is 11.2. The zero-order valence-electron chi connectivity index (χ0n) is 75.0. The van der Waals surface area contributed by atoms with E-state index in [1.165, 1.54) is 24.3 Å². The van der Waals surface area contributed by atoms with Crippen molar-refractivity contribution in [3.63, 3.8) is 0 Å². The van der Waals surface area contributed by atoms with Crippen LogP contribution < -0.4 is 24.7 Å². The van der Waals surface area contributed by atoms with Gasteiger partial charge in [-0.3, -0.25) is 4.79 Å². The number of nitrogen functional groups attached to an aromatic ring is 1. The van der Waals surface area contributed by atoms with Crippen LogP contribution in [-0.2, 0) is 0 Å². The molecule has 21 aromatic rings. The number of aromatic amines is 6. The number of nitrogens with one attached hydrogen (secondary N) is 6. The predicted octanol–water partition coefficient (Wildman–Crippen LogP) is 26.7. The van der Waals surface area contributed by atoms with Crippen molar-refractivity contribution in [1.29, 1.82) is 0 Å². The summed E-state index contributed by atoms with van der Waals surface area (Å²) < 4.78 is 48.6. The van der Waals surface area contributed by atoms with Gasteiger partial charge in [-0.2, -0.15) is 0 Å². The summed E-state index contributed by atoms with van der Waals surface area (Å²) in [7, 11) is 6.52. The standard InChI is InChI=1S/C45H28N4O5.C24H19FN4.C23H19FN2O2.C23H20N2O2/c50-41-33-21-19-31(39-37(25-7-3-1-4-8-25)46-42(48-39)27-11-15-29(16-12-27)44(51)52)23-35(33)36-24-32(20-22-34(36)41)40-38(26-9-5-2-6-10-26)47-43(49-40)28-13-17-30(18-14-28)45(53)54;1-14-21(19-13-18(26)11-12-20(19)27-14)24-28-22(15-5-3-2-4-6-15)23(29-24)16-7-9-17(25)10-8-16;1-27-18-12-13-19(20(14-18)28-2)23-25-21(15-6-4-3-5-7-15)22(26-23)16-8-10-17(24)11-9-16;1-26-18-13-14-19(20(15-18)27-2)23-24-21(16-9-5-3-6-10-16)22(25-23)17-11-7-4-8-12-17/h1-24H,(H,46,48)(H,47,49)(H,51,52)(H,53,54);2-13,27H,26H2,1H3,(H,28,29);3-14H,1-2H3,(H,25,26);3-15H,1-2H3,(H,24,25). The Balaban J connectivity index is 0.000000124. The number of hydrogen-bond donors (Lipinski definition) is 9. The van der Waals surface area contributed by atoms with Crippen LogP contribution in [0.2, 0.25) is 0 Å². The molecule has 0 bridgehead atoms. The lowest BCUT2D eigenvalue weighted by Gasteiger charge is -2.08. The number of carboxylic acids is 2. The second-order valence-corrected chi connectivity index (χ2v) is 32.4. The highest BCUT2D eigenvalue weighted by molar-refractivity contribution is 6.22. The molecule has 0 radical (unpaired) electrons. The number of aromatic carboxylic acids is 2. The molecule has 0 spiro atoms. The Morgan fingerprint density at radius 1 is 0.290 bits per heavy atom. The molecule has 0 saturated heterocycles. The fraction of sp³-hybridized carbons (Fsp3) is 0.0435. The van der Waals surface area contributed by atoms with Crippen molar-refractivity contribution in [3.8, 4) is 204 Å². The fourth-order valence-electron chi connectivity index (χ4n) is 17.0. The molecule has 138 heavy (non-hydrogen) atoms. The number of halogens is 2. The number of H-pyrrole nitrogens is 6. The minimum absolute atomic E-state index is 0.0604. The highest BCUT2D eigenvalue weighted by Gasteiger charge is 2.31. The minimum Gasteiger partial charge on any atom is -0.497 e. The summed E-state index contributed by atoms with van der Waals surface area (Å²) in [6.07, 6.45) is 0. The number of benzene rings is 15. The van der Waals surface area contributed by atoms with Crippen molar-refractivity contribution in [2.24, 2.45) is 0 Å². The van der Waals surface area contributed by atoms with E-state index in [9.17, 15) is 33.4 Å². The van der Waals surface area contributed by atoms with Gasteiger partial charge < -0.3 is 64.8 Å². The summed E-state index contributed by atoms with van der Waals surface area (Å²) in [4.78, 5) is 82.2. The van der Waals surface area contributed by atoms with E-state index in [0.717, 1.165) is 180 Å². The molecule has 1 aliphatic carbocycles. The molecule has 10 N–H and O–H groups in total. The number of anilines is 1. The molecule has 0 aliphatic heterocycles. The Kier molecular flexibility index (Phi) is 25.1. The highest BCUT2D eigenvalue weighted by Crippen LogP contribution is 2.47. The van der Waals surface area contributed by atoms with E-state index in [2.05, 4.69) is 54.2 Å². The lowest BCUT2D eigenvalue weighted by Crippen LogP contribution is -1.95. The molecule has 0 amide bonds. The Hall–Kier alpha value is -18.6. The number of ketones is 1. The van der Waals surface area contributed by atoms with E-state index in [1.54, 1.807) is 101 Å². The average molecular weight is 1820 g/mol. The number of rotatable bonds is 21. The van der Waals surface area contributed by atoms with Crippen LogP contribution in [0.15, 0.2) is 370 Å². The van der Waals surface area contributed by atoms with E-state index in [-0.39, 0.29) is 28.5 Å². The second-order valence-electron chi connectivity index (χ2n) is 32.4. The van der Waals surface area contributed by atoms with Crippen LogP contribution in [0.5, 0.6) is 23.0 Å². The van der Waals surface area contributed by atoms with Crippen molar-refractivity contribution in [2.45, 2.75) is 6.92 Å². The molecular formula is C115H86F2N12O9. The zero-order chi connectivity index (χ0) is 95.0. The van der Waals surface area contributed by atoms with Gasteiger partial charge in [0.25, 0.3) is 0 Å². The third-order valence-corrected chi connectivity index (χ3v) is 23.9. The first-order chi connectivity index (χ1) is 67.4. The number of methoxy groups -OCH3 is 4. The summed E-state index contributed by atoms with van der Waals surface area (Å²) in [6.45, 7) is 2.02. The molecule has 22 rings (SSSR count). The van der Waals surface area contributed by atoms with Crippen LogP contribution in [-0.4, -0.2) is 111 Å². The molecule has 6 aromatic heterocycles. The predicted molar refractivity (Wildman–Crippen MR) is 538 cm³/mol. The fourth-order valence-corrected chi connectivity index (χ4v) is 17.0. The Morgan fingerprint density at radius 2 is 0.594 bits per heavy atom. The first-order valence-corrected chi connectivity index (χ1v) is 44.1. The van der Waals surface area contributed by atoms with Crippen molar-refractivity contribution < 1.29 is 52.3 Å². The van der Waals surface area contributed by atoms with Gasteiger partial charge in [-0.1, -0.05) is 218 Å². The van der Waals surface area contributed by atoms with Crippen LogP contribution in [0.25, 0.3) is 192 Å². The van der Waals surface area contributed by atoms with Crippen LogP contribution in [0.4, 0.5) is 14.5 Å². The number of aromatic nitrogens is 11. The van der Waals surface area contributed by atoms with Gasteiger partial charge in [-0.05, 0) is 158 Å². The molecule has 23 heteroatoms. The largest absolute Gasteiger partial charge is 0.497 e. The summed E-state index contributed by atoms with van der Waals surface area (Å²) in [6, 6.07) is 115.